The first-order valence-corrected chi connectivity index (χ1v) is 7.13. The fourth-order valence-corrected chi connectivity index (χ4v) is 2.87. The van der Waals surface area contributed by atoms with E-state index in [1.165, 1.54) is 7.11 Å². The molecule has 0 bridgehead atoms. The average molecular weight is 315 g/mol. The zero-order chi connectivity index (χ0) is 15.9. The topological polar surface area (TPSA) is 57.2 Å². The summed E-state index contributed by atoms with van der Waals surface area (Å²) < 4.78 is 6.64. The Hall–Kier alpha value is -2.46. The number of anilines is 1. The molecule has 0 spiro atoms. The maximum Gasteiger partial charge on any atom is 0.337 e. The molecule has 3 aromatic rings. The van der Waals surface area contributed by atoms with E-state index in [-0.39, 0.29) is 5.97 Å². The minimum Gasteiger partial charge on any atom is -0.465 e. The van der Waals surface area contributed by atoms with E-state index in [0.717, 1.165) is 22.0 Å². The molecule has 0 atom stereocenters. The Kier molecular flexibility index (Phi) is 3.54. The number of aromatic nitrogens is 1. The van der Waals surface area contributed by atoms with Crippen molar-refractivity contribution in [1.29, 1.82) is 0 Å². The van der Waals surface area contributed by atoms with Gasteiger partial charge in [-0.05, 0) is 29.8 Å². The van der Waals surface area contributed by atoms with Crippen LogP contribution in [0.5, 0.6) is 0 Å². The lowest BCUT2D eigenvalue weighted by Gasteiger charge is -2.08. The number of nitrogens with zero attached hydrogens (tertiary/aromatic N) is 1. The number of fused-ring (bicyclic) bond motifs is 1. The van der Waals surface area contributed by atoms with Crippen molar-refractivity contribution in [3.63, 3.8) is 0 Å². The summed E-state index contributed by atoms with van der Waals surface area (Å²) in [5, 5.41) is 1.51. The van der Waals surface area contributed by atoms with Gasteiger partial charge in [-0.2, -0.15) is 0 Å². The highest BCUT2D eigenvalue weighted by molar-refractivity contribution is 6.38. The molecule has 5 heteroatoms. The predicted molar refractivity (Wildman–Crippen MR) is 89.1 cm³/mol. The van der Waals surface area contributed by atoms with Crippen LogP contribution in [0, 0.1) is 0 Å². The summed E-state index contributed by atoms with van der Waals surface area (Å²) in [6, 6.07) is 12.9. The normalized spacial score (nSPS) is 10.9. The van der Waals surface area contributed by atoms with Gasteiger partial charge in [-0.1, -0.05) is 29.8 Å². The molecule has 0 amide bonds. The van der Waals surface area contributed by atoms with Gasteiger partial charge in [-0.25, -0.2) is 4.79 Å². The Morgan fingerprint density at radius 3 is 2.73 bits per heavy atom. The smallest absolute Gasteiger partial charge is 0.337 e. The first kappa shape index (κ1) is 14.5. The standard InChI is InChI=1S/C17H15ClN2O2/c1-20-14-7-6-12(16(18)13(14)9-15(20)19)10-4-3-5-11(8-10)17(21)22-2/h3-9H,19H2,1-2H3. The van der Waals surface area contributed by atoms with Crippen molar-refractivity contribution in [1.82, 2.24) is 4.57 Å². The predicted octanol–water partition coefficient (Wildman–Crippen LogP) is 3.87. The van der Waals surface area contributed by atoms with Gasteiger partial charge in [-0.15, -0.1) is 0 Å². The van der Waals surface area contributed by atoms with E-state index in [2.05, 4.69) is 0 Å². The molecule has 0 aliphatic heterocycles. The van der Waals surface area contributed by atoms with Crippen LogP contribution in [0.25, 0.3) is 22.0 Å². The molecule has 0 saturated carbocycles. The Morgan fingerprint density at radius 2 is 2.00 bits per heavy atom. The van der Waals surface area contributed by atoms with E-state index in [1.807, 2.05) is 41.9 Å². The monoisotopic (exact) mass is 314 g/mol. The molecule has 0 fully saturated rings. The molecule has 0 saturated heterocycles. The molecule has 0 aliphatic rings. The quantitative estimate of drug-likeness (QED) is 0.731. The van der Waals surface area contributed by atoms with E-state index < -0.39 is 0 Å². The highest BCUT2D eigenvalue weighted by Gasteiger charge is 2.13. The van der Waals surface area contributed by atoms with E-state index in [4.69, 9.17) is 22.1 Å². The number of carbonyl (C=O) groups excluding carboxylic acids is 1. The molecule has 22 heavy (non-hydrogen) atoms. The third-order valence-electron chi connectivity index (χ3n) is 3.79. The lowest BCUT2D eigenvalue weighted by atomic mass is 10.0. The van der Waals surface area contributed by atoms with Crippen molar-refractivity contribution in [2.45, 2.75) is 0 Å². The van der Waals surface area contributed by atoms with Crippen molar-refractivity contribution in [2.24, 2.45) is 7.05 Å². The molecule has 2 N–H and O–H groups in total. The number of ether oxygens (including phenoxy) is 1. The van der Waals surface area contributed by atoms with E-state index in [1.54, 1.807) is 12.1 Å². The number of hydrogen-bond donors (Lipinski definition) is 1. The maximum atomic E-state index is 11.7. The van der Waals surface area contributed by atoms with Crippen molar-refractivity contribution in [3.05, 3.63) is 53.1 Å². The fourth-order valence-electron chi connectivity index (χ4n) is 2.55. The number of carbonyl (C=O) groups is 1. The SMILES string of the molecule is COC(=O)c1cccc(-c2ccc3c(cc(N)n3C)c2Cl)c1. The van der Waals surface area contributed by atoms with E-state index in [0.29, 0.717) is 16.4 Å². The minimum atomic E-state index is -0.372. The van der Waals surface area contributed by atoms with Crippen molar-refractivity contribution < 1.29 is 9.53 Å². The second kappa shape index (κ2) is 5.39. The Bertz CT molecular complexity index is 884. The van der Waals surface area contributed by atoms with Crippen molar-refractivity contribution in [2.75, 3.05) is 12.8 Å². The number of hydrogen-bond acceptors (Lipinski definition) is 3. The number of nitrogens with two attached hydrogens (primary N) is 1. The summed E-state index contributed by atoms with van der Waals surface area (Å²) in [7, 11) is 3.26. The maximum absolute atomic E-state index is 11.7. The van der Waals surface area contributed by atoms with Crippen LogP contribution in [0.4, 0.5) is 5.82 Å². The van der Waals surface area contributed by atoms with Gasteiger partial charge in [0.05, 0.1) is 23.2 Å². The second-order valence-corrected chi connectivity index (χ2v) is 5.44. The molecule has 0 aliphatic carbocycles. The average Bonchev–Trinajstić information content (AvgIpc) is 2.83. The van der Waals surface area contributed by atoms with Crippen molar-refractivity contribution in [3.8, 4) is 11.1 Å². The number of aryl methyl sites for hydroxylation is 1. The van der Waals surface area contributed by atoms with Crippen LogP contribution < -0.4 is 5.73 Å². The number of halogens is 1. The summed E-state index contributed by atoms with van der Waals surface area (Å²) in [6.45, 7) is 0. The van der Waals surface area contributed by atoms with Crippen LogP contribution in [0.3, 0.4) is 0 Å². The van der Waals surface area contributed by atoms with Crippen LogP contribution in [0.15, 0.2) is 42.5 Å². The lowest BCUT2D eigenvalue weighted by molar-refractivity contribution is 0.0601. The first-order chi connectivity index (χ1) is 10.5. The summed E-state index contributed by atoms with van der Waals surface area (Å²) >= 11 is 6.54. The molecule has 1 aromatic heterocycles. The zero-order valence-electron chi connectivity index (χ0n) is 12.3. The zero-order valence-corrected chi connectivity index (χ0v) is 13.0. The molecule has 112 valence electrons. The number of benzene rings is 2. The molecule has 2 aromatic carbocycles. The van der Waals surface area contributed by atoms with Gasteiger partial charge in [-0.3, -0.25) is 0 Å². The highest BCUT2D eigenvalue weighted by atomic mass is 35.5. The summed E-state index contributed by atoms with van der Waals surface area (Å²) in [5.41, 5.74) is 9.10. The third-order valence-corrected chi connectivity index (χ3v) is 4.20. The number of nitrogen functional groups attached to an aromatic ring is 1. The van der Waals surface area contributed by atoms with Crippen LogP contribution in [0.2, 0.25) is 5.02 Å². The fraction of sp³-hybridized carbons (Fsp3) is 0.118. The van der Waals surface area contributed by atoms with Crippen molar-refractivity contribution >= 4 is 34.3 Å². The van der Waals surface area contributed by atoms with Gasteiger partial charge in [0.15, 0.2) is 0 Å². The number of rotatable bonds is 2. The van der Waals surface area contributed by atoms with Gasteiger partial charge in [0.2, 0.25) is 0 Å². The summed E-state index contributed by atoms with van der Waals surface area (Å²) in [5.74, 6) is 0.278. The Morgan fingerprint density at radius 1 is 1.23 bits per heavy atom. The Labute approximate surface area is 133 Å². The highest BCUT2D eigenvalue weighted by Crippen LogP contribution is 2.36. The van der Waals surface area contributed by atoms with Gasteiger partial charge >= 0.3 is 5.97 Å². The minimum absolute atomic E-state index is 0.372. The first-order valence-electron chi connectivity index (χ1n) is 6.75. The van der Waals surface area contributed by atoms with Gasteiger partial charge in [0, 0.05) is 18.0 Å². The molecular formula is C17H15ClN2O2. The largest absolute Gasteiger partial charge is 0.465 e. The third kappa shape index (κ3) is 2.22. The summed E-state index contributed by atoms with van der Waals surface area (Å²) in [6.07, 6.45) is 0. The van der Waals surface area contributed by atoms with Crippen LogP contribution >= 0.6 is 11.6 Å². The molecule has 3 rings (SSSR count). The van der Waals surface area contributed by atoms with E-state index >= 15 is 0 Å². The Balaban J connectivity index is 2.18. The van der Waals surface area contributed by atoms with E-state index in [9.17, 15) is 4.79 Å². The molecule has 0 unspecified atom stereocenters. The van der Waals surface area contributed by atoms with Crippen LogP contribution in [-0.2, 0) is 11.8 Å². The van der Waals surface area contributed by atoms with Crippen LogP contribution in [0.1, 0.15) is 10.4 Å². The molecule has 0 radical (unpaired) electrons. The van der Waals surface area contributed by atoms with Gasteiger partial charge in [0.25, 0.3) is 0 Å². The lowest BCUT2D eigenvalue weighted by Crippen LogP contribution is -2.00. The van der Waals surface area contributed by atoms with Crippen LogP contribution in [-0.4, -0.2) is 17.6 Å². The molecular weight excluding hydrogens is 300 g/mol. The second-order valence-electron chi connectivity index (χ2n) is 5.06. The molecule has 4 nitrogen and oxygen atoms in total. The van der Waals surface area contributed by atoms with Gasteiger partial charge in [0.1, 0.15) is 5.82 Å². The molecule has 1 heterocycles. The van der Waals surface area contributed by atoms with Gasteiger partial charge < -0.3 is 15.0 Å². The summed E-state index contributed by atoms with van der Waals surface area (Å²) in [4.78, 5) is 11.7. The number of methoxy groups -OCH3 is 1. The number of esters is 1.